The lowest BCUT2D eigenvalue weighted by Gasteiger charge is -1.98. The van der Waals surface area contributed by atoms with Crippen molar-refractivity contribution in [2.24, 2.45) is 0 Å². The summed E-state index contributed by atoms with van der Waals surface area (Å²) in [4.78, 5) is 3.80. The molecule has 0 fully saturated rings. The predicted molar refractivity (Wildman–Crippen MR) is 46.4 cm³/mol. The van der Waals surface area contributed by atoms with E-state index < -0.39 is 0 Å². The Balaban J connectivity index is 2.67. The SMILES string of the molecule is S=C(S)Oc1ccncc1. The summed E-state index contributed by atoms with van der Waals surface area (Å²) in [5.74, 6) is 0.662. The summed E-state index contributed by atoms with van der Waals surface area (Å²) in [5, 5.41) is 0. The zero-order valence-electron chi connectivity index (χ0n) is 5.02. The van der Waals surface area contributed by atoms with Gasteiger partial charge in [-0.2, -0.15) is 0 Å². The molecule has 0 unspecified atom stereocenters. The van der Waals surface area contributed by atoms with Gasteiger partial charge in [-0.15, -0.1) is 0 Å². The second-order valence-electron chi connectivity index (χ2n) is 1.55. The number of pyridine rings is 1. The second-order valence-corrected chi connectivity index (χ2v) is 2.63. The Hall–Kier alpha value is -0.610. The predicted octanol–water partition coefficient (Wildman–Crippen LogP) is 1.68. The minimum absolute atomic E-state index is 0.214. The van der Waals surface area contributed by atoms with Crippen molar-refractivity contribution >= 4 is 29.2 Å². The molecule has 1 aromatic rings. The molecule has 0 amide bonds. The fourth-order valence-corrected chi connectivity index (χ4v) is 0.709. The van der Waals surface area contributed by atoms with E-state index in [9.17, 15) is 0 Å². The third kappa shape index (κ3) is 2.33. The van der Waals surface area contributed by atoms with Crippen LogP contribution in [-0.2, 0) is 0 Å². The smallest absolute Gasteiger partial charge is 0.222 e. The van der Waals surface area contributed by atoms with E-state index in [0.29, 0.717) is 5.75 Å². The van der Waals surface area contributed by atoms with Gasteiger partial charge in [-0.1, -0.05) is 12.6 Å². The topological polar surface area (TPSA) is 22.1 Å². The van der Waals surface area contributed by atoms with E-state index in [1.165, 1.54) is 0 Å². The molecule has 4 heteroatoms. The number of thiocarbonyl (C=S) groups is 1. The summed E-state index contributed by atoms with van der Waals surface area (Å²) in [5.41, 5.74) is 0. The van der Waals surface area contributed by atoms with Crippen molar-refractivity contribution in [1.29, 1.82) is 0 Å². The summed E-state index contributed by atoms with van der Waals surface area (Å²) in [7, 11) is 0. The van der Waals surface area contributed by atoms with Crippen LogP contribution in [0.2, 0.25) is 0 Å². The maximum atomic E-state index is 4.97. The molecule has 0 aromatic carbocycles. The van der Waals surface area contributed by atoms with Crippen LogP contribution >= 0.6 is 24.8 Å². The molecule has 10 heavy (non-hydrogen) atoms. The number of hydrogen-bond donors (Lipinski definition) is 1. The summed E-state index contributed by atoms with van der Waals surface area (Å²) < 4.78 is 5.18. The summed E-state index contributed by atoms with van der Waals surface area (Å²) in [6.45, 7) is 0. The molecule has 0 aliphatic rings. The first-order chi connectivity index (χ1) is 4.79. The van der Waals surface area contributed by atoms with E-state index in [4.69, 9.17) is 4.74 Å². The molecule has 0 radical (unpaired) electrons. The number of aromatic nitrogens is 1. The monoisotopic (exact) mass is 171 g/mol. The molecular weight excluding hydrogens is 166 g/mol. The van der Waals surface area contributed by atoms with Crippen LogP contribution < -0.4 is 4.74 Å². The number of nitrogens with zero attached hydrogens (tertiary/aromatic N) is 1. The van der Waals surface area contributed by atoms with E-state index in [1.54, 1.807) is 24.5 Å². The molecule has 0 saturated heterocycles. The number of thiol groups is 1. The summed E-state index contributed by atoms with van der Waals surface area (Å²) >= 11 is 8.40. The normalized spacial score (nSPS) is 8.90. The van der Waals surface area contributed by atoms with E-state index >= 15 is 0 Å². The molecule has 0 bridgehead atoms. The molecule has 0 N–H and O–H groups in total. The molecular formula is C6H5NOS2. The standard InChI is InChI=1S/C6H5NOS2/c9-6(10)8-5-1-3-7-4-2-5/h1-4H,(H,9,10). The van der Waals surface area contributed by atoms with Crippen molar-refractivity contribution in [2.75, 3.05) is 0 Å². The Morgan fingerprint density at radius 1 is 1.50 bits per heavy atom. The third-order valence-corrected chi connectivity index (χ3v) is 1.03. The molecule has 0 aliphatic heterocycles. The van der Waals surface area contributed by atoms with Gasteiger partial charge >= 0.3 is 0 Å². The fourth-order valence-electron chi connectivity index (χ4n) is 0.507. The van der Waals surface area contributed by atoms with Crippen LogP contribution in [0.3, 0.4) is 0 Å². The Labute approximate surface area is 69.6 Å². The van der Waals surface area contributed by atoms with E-state index in [1.807, 2.05) is 0 Å². The summed E-state index contributed by atoms with van der Waals surface area (Å²) in [6.07, 6.45) is 3.25. The molecule has 0 aliphatic carbocycles. The molecule has 2 nitrogen and oxygen atoms in total. The number of ether oxygens (including phenoxy) is 1. The number of rotatable bonds is 1. The lowest BCUT2D eigenvalue weighted by Crippen LogP contribution is -1.94. The van der Waals surface area contributed by atoms with Crippen molar-refractivity contribution < 1.29 is 4.74 Å². The van der Waals surface area contributed by atoms with E-state index in [-0.39, 0.29) is 4.38 Å². The van der Waals surface area contributed by atoms with Gasteiger partial charge in [0.2, 0.25) is 4.38 Å². The molecule has 0 atom stereocenters. The average molecular weight is 171 g/mol. The highest BCUT2D eigenvalue weighted by Crippen LogP contribution is 2.07. The average Bonchev–Trinajstić information content (AvgIpc) is 1.88. The highest BCUT2D eigenvalue weighted by Gasteiger charge is 1.91. The van der Waals surface area contributed by atoms with Gasteiger partial charge in [-0.05, 0) is 24.4 Å². The van der Waals surface area contributed by atoms with Gasteiger partial charge in [-0.3, -0.25) is 4.98 Å². The number of hydrogen-bond acceptors (Lipinski definition) is 3. The maximum absolute atomic E-state index is 4.97. The van der Waals surface area contributed by atoms with Gasteiger partial charge in [0, 0.05) is 12.4 Å². The Morgan fingerprint density at radius 2 is 2.10 bits per heavy atom. The second kappa shape index (κ2) is 3.53. The van der Waals surface area contributed by atoms with Crippen LogP contribution in [0.25, 0.3) is 0 Å². The van der Waals surface area contributed by atoms with Crippen molar-refractivity contribution in [2.45, 2.75) is 0 Å². The van der Waals surface area contributed by atoms with Gasteiger partial charge in [0.05, 0.1) is 0 Å². The van der Waals surface area contributed by atoms with Crippen LogP contribution in [0.4, 0.5) is 0 Å². The van der Waals surface area contributed by atoms with E-state index in [2.05, 4.69) is 29.8 Å². The van der Waals surface area contributed by atoms with E-state index in [0.717, 1.165) is 0 Å². The van der Waals surface area contributed by atoms with Gasteiger partial charge in [0.1, 0.15) is 5.75 Å². The van der Waals surface area contributed by atoms with Crippen molar-refractivity contribution in [1.82, 2.24) is 4.98 Å². The van der Waals surface area contributed by atoms with Crippen LogP contribution in [0, 0.1) is 0 Å². The van der Waals surface area contributed by atoms with Gasteiger partial charge in [0.25, 0.3) is 0 Å². The molecule has 1 rings (SSSR count). The zero-order chi connectivity index (χ0) is 7.40. The van der Waals surface area contributed by atoms with Crippen molar-refractivity contribution in [3.63, 3.8) is 0 Å². The Bertz CT molecular complexity index is 224. The van der Waals surface area contributed by atoms with Crippen LogP contribution in [-0.4, -0.2) is 9.37 Å². The van der Waals surface area contributed by atoms with Gasteiger partial charge in [-0.25, -0.2) is 0 Å². The van der Waals surface area contributed by atoms with Crippen LogP contribution in [0.5, 0.6) is 5.75 Å². The Morgan fingerprint density at radius 3 is 2.60 bits per heavy atom. The largest absolute Gasteiger partial charge is 0.440 e. The highest BCUT2D eigenvalue weighted by molar-refractivity contribution is 8.10. The summed E-state index contributed by atoms with van der Waals surface area (Å²) in [6, 6.07) is 3.42. The third-order valence-electron chi connectivity index (χ3n) is 0.855. The molecule has 0 spiro atoms. The molecule has 1 aromatic heterocycles. The van der Waals surface area contributed by atoms with Crippen molar-refractivity contribution in [3.8, 4) is 5.75 Å². The zero-order valence-corrected chi connectivity index (χ0v) is 6.73. The minimum Gasteiger partial charge on any atom is -0.440 e. The lowest BCUT2D eigenvalue weighted by molar-refractivity contribution is 0.578. The van der Waals surface area contributed by atoms with Gasteiger partial charge < -0.3 is 4.74 Å². The first-order valence-corrected chi connectivity index (χ1v) is 3.45. The maximum Gasteiger partial charge on any atom is 0.222 e. The lowest BCUT2D eigenvalue weighted by atomic mass is 10.5. The Kier molecular flexibility index (Phi) is 2.65. The quantitative estimate of drug-likeness (QED) is 0.513. The van der Waals surface area contributed by atoms with Crippen molar-refractivity contribution in [3.05, 3.63) is 24.5 Å². The minimum atomic E-state index is 0.214. The molecule has 52 valence electrons. The molecule has 1 heterocycles. The highest BCUT2D eigenvalue weighted by atomic mass is 32.1. The van der Waals surface area contributed by atoms with Crippen LogP contribution in [0.1, 0.15) is 0 Å². The first kappa shape index (κ1) is 7.50. The first-order valence-electron chi connectivity index (χ1n) is 2.60. The van der Waals surface area contributed by atoms with Gasteiger partial charge in [0.15, 0.2) is 0 Å². The fraction of sp³-hybridized carbons (Fsp3) is 0. The molecule has 0 saturated carbocycles. The van der Waals surface area contributed by atoms with Crippen LogP contribution in [0.15, 0.2) is 24.5 Å².